The van der Waals surface area contributed by atoms with E-state index < -0.39 is 52.3 Å². The van der Waals surface area contributed by atoms with Gasteiger partial charge < -0.3 is 56.9 Å². The summed E-state index contributed by atoms with van der Waals surface area (Å²) in [5.74, 6) is 6.28. The molecule has 9 aromatic carbocycles. The Morgan fingerprint density at radius 1 is 0.356 bits per heavy atom. The van der Waals surface area contributed by atoms with E-state index in [1.54, 1.807) is 79.6 Å². The van der Waals surface area contributed by atoms with Gasteiger partial charge in [0.15, 0.2) is 0 Å². The van der Waals surface area contributed by atoms with Crippen molar-refractivity contribution in [2.75, 3.05) is 39.4 Å². The van der Waals surface area contributed by atoms with Gasteiger partial charge in [0.25, 0.3) is 35.3 Å². The molecule has 2 N–H and O–H groups in total. The fourth-order valence-corrected chi connectivity index (χ4v) is 16.4. The fraction of sp³-hybridized carbons (Fsp3) is 0.241. The van der Waals surface area contributed by atoms with Gasteiger partial charge >= 0.3 is 24.6 Å². The topological polar surface area (TPSA) is 344 Å². The number of halogens is 10. The number of pyridine rings is 3. The molecular weight excluding hydrogens is 1960 g/mol. The second-order valence-electron chi connectivity index (χ2n) is 34.5. The zero-order valence-electron chi connectivity index (χ0n) is 79.4. The zero-order chi connectivity index (χ0) is 102. The summed E-state index contributed by atoms with van der Waals surface area (Å²) in [6, 6.07) is 73.8. The maximum atomic E-state index is 12.9. The van der Waals surface area contributed by atoms with Crippen LogP contribution in [0.2, 0.25) is 0 Å². The second kappa shape index (κ2) is 47.9. The number of nitrogens with zero attached hydrogens (tertiary/aromatic N) is 16. The second-order valence-corrected chi connectivity index (χ2v) is 35.4. The molecule has 2 unspecified atom stereocenters. The van der Waals surface area contributed by atoms with Gasteiger partial charge in [-0.3, -0.25) is 15.0 Å². The average Bonchev–Trinajstić information content (AvgIpc) is 1.62. The van der Waals surface area contributed by atoms with Crippen LogP contribution in [0.1, 0.15) is 137 Å². The Kier molecular flexibility index (Phi) is 33.7. The van der Waals surface area contributed by atoms with Gasteiger partial charge in [0.2, 0.25) is 34.9 Å². The molecule has 2 atom stereocenters. The van der Waals surface area contributed by atoms with E-state index in [-0.39, 0.29) is 40.0 Å². The van der Waals surface area contributed by atoms with E-state index in [2.05, 4.69) is 145 Å². The Labute approximate surface area is 840 Å². The third-order valence-electron chi connectivity index (χ3n) is 23.0. The SMILES string of the molecule is CC(C)(C)OC(=O)N1CCCCC1c1ccc(-c2nc(-c3ccncc3)no2)cc1.CCOc1cc(OCC)cc(-c2nc(-c3ccccc3)no2)c1.FC(F)(F)c1cc(-c2nc(-c3ccccc3)no2)cc(C(F)(F)F)c1.FC(F)(F)c1cc(Br)cc(-c2nc(-c3ccccc3)no2)c1.c1cc(-c2nc(-c3ccncc3)no2)cc(C2CCNCC2)c1.c1cc(-c2noc(-c3ccc(C4CCCCN4)cc3)n2)ccn1. The van der Waals surface area contributed by atoms with Crippen molar-refractivity contribution in [3.63, 3.8) is 0 Å². The van der Waals surface area contributed by atoms with Gasteiger partial charge in [-0.15, -0.1) is 0 Å². The Morgan fingerprint density at radius 3 is 1.11 bits per heavy atom. The Hall–Kier alpha value is -16.1. The number of alkyl halides is 9. The number of benzene rings is 9. The fourth-order valence-electron chi connectivity index (χ4n) is 15.9. The molecule has 748 valence electrons. The summed E-state index contributed by atoms with van der Waals surface area (Å²) < 4.78 is 165. The number of carbonyl (C=O) groups excluding carboxylic acids is 1. The first-order chi connectivity index (χ1) is 70.6. The van der Waals surface area contributed by atoms with Gasteiger partial charge in [0.05, 0.1) is 35.9 Å². The van der Waals surface area contributed by atoms with Crippen molar-refractivity contribution >= 4 is 22.0 Å². The standard InChI is InChI=1S/C23H26N4O3.2C18H18N4O.C18H18N2O3.C16H8F6N2O.C15H8BrF3N2O/c1-23(2,3)29-22(28)27-15-5-4-6-19(27)16-7-9-18(10-8-16)21-25-20(26-30-21)17-11-13-24-14-12-17;1-2-15(13-4-8-19-9-5-13)12-16(3-1)18-21-17(22-23-18)14-6-10-20-11-7-14;1-2-10-20-16(3-1)13-4-6-15(7-5-13)18-21-17(22-23-18)14-8-11-19-12-9-14;1-3-21-15-10-14(11-16(12-15)22-4-2)18-19-17(20-23-18)13-8-6-5-7-9-13;17-15(18,19)11-6-10(7-12(8-11)16(20,21)22)14-23-13(24-25-14)9-4-2-1-3-5-9;16-12-7-10(6-11(8-12)15(17,18)19)14-20-13(21-22-14)9-4-2-1-3-5-9/h7-14,19H,4-6,15H2,1-3H3;1-3,6-7,10-13,19H,4-5,8-9H2;4-9,11-12,16,20H,1-3,10H2;5-12H,3-4H2,1-2H3;1-8H;1-8H. The molecule has 0 bridgehead atoms. The van der Waals surface area contributed by atoms with Crippen LogP contribution in [0.15, 0.2) is 324 Å². The molecular formula is C108H96BrF9N18O10. The highest BCUT2D eigenvalue weighted by Gasteiger charge is 2.39. The number of likely N-dealkylation sites (tertiary alicyclic amines) is 1. The maximum Gasteiger partial charge on any atom is 0.416 e. The van der Waals surface area contributed by atoms with Gasteiger partial charge in [0, 0.05) is 127 Å². The minimum atomic E-state index is -4.95. The summed E-state index contributed by atoms with van der Waals surface area (Å²) in [4.78, 5) is 52.5. The van der Waals surface area contributed by atoms with Crippen molar-refractivity contribution in [1.29, 1.82) is 0 Å². The van der Waals surface area contributed by atoms with Crippen molar-refractivity contribution in [2.45, 2.75) is 128 Å². The van der Waals surface area contributed by atoms with E-state index in [1.807, 2.05) is 173 Å². The molecule has 0 aliphatic carbocycles. The van der Waals surface area contributed by atoms with Crippen molar-refractivity contribution in [2.24, 2.45) is 0 Å². The largest absolute Gasteiger partial charge is 0.494 e. The van der Waals surface area contributed by atoms with Crippen LogP contribution in [0.3, 0.4) is 0 Å². The normalized spacial score (nSPS) is 14.3. The third kappa shape index (κ3) is 27.9. The number of hydrogen-bond acceptors (Lipinski definition) is 27. The highest BCUT2D eigenvalue weighted by atomic mass is 79.9. The van der Waals surface area contributed by atoms with E-state index >= 15 is 0 Å². The van der Waals surface area contributed by atoms with Gasteiger partial charge in [-0.2, -0.15) is 69.4 Å². The quantitative estimate of drug-likeness (QED) is 0.0710. The van der Waals surface area contributed by atoms with Crippen LogP contribution in [0.5, 0.6) is 11.5 Å². The molecule has 12 heterocycles. The summed E-state index contributed by atoms with van der Waals surface area (Å²) in [5.41, 5.74) is 7.66. The van der Waals surface area contributed by atoms with Crippen LogP contribution in [0.25, 0.3) is 137 Å². The molecule has 9 aromatic heterocycles. The lowest BCUT2D eigenvalue weighted by atomic mass is 9.89. The Morgan fingerprint density at radius 2 is 0.719 bits per heavy atom. The van der Waals surface area contributed by atoms with E-state index in [0.717, 1.165) is 107 Å². The highest BCUT2D eigenvalue weighted by molar-refractivity contribution is 9.10. The molecule has 3 aliphatic rings. The summed E-state index contributed by atoms with van der Waals surface area (Å²) in [6.45, 7) is 14.7. The van der Waals surface area contributed by atoms with E-state index in [0.29, 0.717) is 114 Å². The molecule has 0 saturated carbocycles. The third-order valence-corrected chi connectivity index (χ3v) is 23.5. The van der Waals surface area contributed by atoms with E-state index in [9.17, 15) is 44.3 Å². The van der Waals surface area contributed by atoms with Crippen LogP contribution in [0.4, 0.5) is 44.3 Å². The highest BCUT2D eigenvalue weighted by Crippen LogP contribution is 2.43. The van der Waals surface area contributed by atoms with Crippen LogP contribution in [-0.2, 0) is 23.3 Å². The van der Waals surface area contributed by atoms with E-state index in [1.165, 1.54) is 49.3 Å². The van der Waals surface area contributed by atoms with Crippen LogP contribution in [0, 0.1) is 0 Å². The number of hydrogen-bond donors (Lipinski definition) is 2. The maximum absolute atomic E-state index is 12.9. The lowest BCUT2D eigenvalue weighted by Crippen LogP contribution is -2.41. The molecule has 18 aromatic rings. The lowest BCUT2D eigenvalue weighted by Gasteiger charge is -2.37. The number of carbonyl (C=O) groups is 1. The first kappa shape index (κ1) is 103. The number of piperidine rings is 3. The molecule has 146 heavy (non-hydrogen) atoms. The number of ether oxygens (including phenoxy) is 3. The summed E-state index contributed by atoms with van der Waals surface area (Å²) >= 11 is 3.06. The van der Waals surface area contributed by atoms with Gasteiger partial charge in [0.1, 0.15) is 17.1 Å². The first-order valence-corrected chi connectivity index (χ1v) is 47.6. The molecule has 3 aliphatic heterocycles. The molecule has 0 radical (unpaired) electrons. The first-order valence-electron chi connectivity index (χ1n) is 46.8. The predicted octanol–water partition coefficient (Wildman–Crippen LogP) is 27.0. The molecule has 0 spiro atoms. The van der Waals surface area contributed by atoms with Crippen molar-refractivity contribution in [1.82, 2.24) is 91.3 Å². The number of nitrogens with one attached hydrogen (secondary N) is 2. The molecule has 28 nitrogen and oxygen atoms in total. The monoisotopic (exact) mass is 2050 g/mol. The molecule has 38 heteroatoms. The minimum Gasteiger partial charge on any atom is -0.494 e. The number of amides is 1. The lowest BCUT2D eigenvalue weighted by molar-refractivity contribution is -0.143. The Bertz CT molecular complexity index is 7160. The van der Waals surface area contributed by atoms with Crippen molar-refractivity contribution < 1.29 is 85.7 Å². The van der Waals surface area contributed by atoms with Crippen LogP contribution in [-0.4, -0.2) is 132 Å². The predicted molar refractivity (Wildman–Crippen MR) is 528 cm³/mol. The van der Waals surface area contributed by atoms with Crippen molar-refractivity contribution in [3.05, 3.63) is 330 Å². The van der Waals surface area contributed by atoms with Crippen molar-refractivity contribution in [3.8, 4) is 149 Å². The summed E-state index contributed by atoms with van der Waals surface area (Å²) in [6.07, 6.45) is 4.81. The minimum absolute atomic E-state index is 0.0118. The molecule has 1 amide bonds. The van der Waals surface area contributed by atoms with Crippen LogP contribution >= 0.6 is 15.9 Å². The van der Waals surface area contributed by atoms with E-state index in [4.69, 9.17) is 41.3 Å². The summed E-state index contributed by atoms with van der Waals surface area (Å²) in [7, 11) is 0. The smallest absolute Gasteiger partial charge is 0.416 e. The average molecular weight is 2060 g/mol. The number of aromatic nitrogens is 15. The Balaban J connectivity index is 0.000000126. The molecule has 21 rings (SSSR count). The zero-order valence-corrected chi connectivity index (χ0v) is 80.9. The molecule has 3 fully saturated rings. The molecule has 3 saturated heterocycles. The van der Waals surface area contributed by atoms with Crippen LogP contribution < -0.4 is 20.1 Å². The van der Waals surface area contributed by atoms with Gasteiger partial charge in [-0.1, -0.05) is 181 Å². The summed E-state index contributed by atoms with van der Waals surface area (Å²) in [5, 5.41) is 30.6. The number of rotatable bonds is 19. The van der Waals surface area contributed by atoms with Gasteiger partial charge in [-0.25, -0.2) is 4.79 Å². The van der Waals surface area contributed by atoms with Gasteiger partial charge in [-0.05, 0) is 243 Å².